The number of nitrogens with one attached hydrogen (secondary N) is 1. The van der Waals surface area contributed by atoms with E-state index in [1.807, 2.05) is 30.3 Å². The molecule has 1 unspecified atom stereocenters. The van der Waals surface area contributed by atoms with Gasteiger partial charge in [0.1, 0.15) is 12.6 Å². The Bertz CT molecular complexity index is 364. The summed E-state index contributed by atoms with van der Waals surface area (Å²) in [5.74, 6) is 0.478. The van der Waals surface area contributed by atoms with Gasteiger partial charge in [-0.15, -0.1) is 0 Å². The van der Waals surface area contributed by atoms with Crippen LogP contribution in [0.1, 0.15) is 25.3 Å². The van der Waals surface area contributed by atoms with E-state index in [-0.39, 0.29) is 12.0 Å². The largest absolute Gasteiger partial charge is 0.460 e. The van der Waals surface area contributed by atoms with E-state index in [4.69, 9.17) is 4.74 Å². The van der Waals surface area contributed by atoms with E-state index in [0.29, 0.717) is 12.5 Å². The highest BCUT2D eigenvalue weighted by molar-refractivity contribution is 5.75. The third-order valence-corrected chi connectivity index (χ3v) is 3.17. The second kappa shape index (κ2) is 5.82. The summed E-state index contributed by atoms with van der Waals surface area (Å²) in [5.41, 5.74) is 1.03. The maximum Gasteiger partial charge on any atom is 0.323 e. The summed E-state index contributed by atoms with van der Waals surface area (Å²) < 4.78 is 5.31. The molecule has 1 N–H and O–H groups in total. The zero-order valence-electron chi connectivity index (χ0n) is 10.2. The molecule has 1 fully saturated rings. The van der Waals surface area contributed by atoms with Gasteiger partial charge >= 0.3 is 5.97 Å². The van der Waals surface area contributed by atoms with Crippen LogP contribution in [0.5, 0.6) is 0 Å². The standard InChI is InChI=1S/C14H19NO2/c1-11-7-8-15-13(9-11)14(16)17-10-12-5-3-2-4-6-12/h2-6,11,13,15H,7-10H2,1H3/t11?,13-/m0/s1. The first kappa shape index (κ1) is 12.1. The lowest BCUT2D eigenvalue weighted by atomic mass is 9.94. The topological polar surface area (TPSA) is 38.3 Å². The highest BCUT2D eigenvalue weighted by Gasteiger charge is 2.25. The molecule has 0 spiro atoms. The first-order valence-electron chi connectivity index (χ1n) is 6.19. The Kier molecular flexibility index (Phi) is 4.15. The molecule has 1 aromatic carbocycles. The van der Waals surface area contributed by atoms with Gasteiger partial charge in [-0.1, -0.05) is 37.3 Å². The fraction of sp³-hybridized carbons (Fsp3) is 0.500. The van der Waals surface area contributed by atoms with Crippen LogP contribution in [0.2, 0.25) is 0 Å². The van der Waals surface area contributed by atoms with Crippen LogP contribution < -0.4 is 5.32 Å². The summed E-state index contributed by atoms with van der Waals surface area (Å²) in [4.78, 5) is 11.8. The molecule has 0 amide bonds. The number of carbonyl (C=O) groups excluding carboxylic acids is 1. The molecular formula is C14H19NO2. The van der Waals surface area contributed by atoms with Crippen LogP contribution in [-0.4, -0.2) is 18.6 Å². The van der Waals surface area contributed by atoms with Crippen molar-refractivity contribution >= 4 is 5.97 Å². The maximum atomic E-state index is 11.8. The molecule has 2 rings (SSSR count). The molecular weight excluding hydrogens is 214 g/mol. The van der Waals surface area contributed by atoms with Gasteiger partial charge in [0.2, 0.25) is 0 Å². The third kappa shape index (κ3) is 3.56. The van der Waals surface area contributed by atoms with E-state index in [1.54, 1.807) is 0 Å². The minimum absolute atomic E-state index is 0.123. The lowest BCUT2D eigenvalue weighted by Crippen LogP contribution is -2.43. The second-order valence-corrected chi connectivity index (χ2v) is 4.73. The van der Waals surface area contributed by atoms with Crippen molar-refractivity contribution in [2.45, 2.75) is 32.4 Å². The summed E-state index contributed by atoms with van der Waals surface area (Å²) in [5, 5.41) is 3.21. The average molecular weight is 233 g/mol. The molecule has 0 radical (unpaired) electrons. The van der Waals surface area contributed by atoms with Crippen LogP contribution in [0.25, 0.3) is 0 Å². The number of benzene rings is 1. The van der Waals surface area contributed by atoms with Crippen LogP contribution in [0.15, 0.2) is 30.3 Å². The van der Waals surface area contributed by atoms with E-state index in [2.05, 4.69) is 12.2 Å². The molecule has 17 heavy (non-hydrogen) atoms. The van der Waals surface area contributed by atoms with Gasteiger partial charge in [-0.25, -0.2) is 0 Å². The maximum absolute atomic E-state index is 11.8. The Morgan fingerprint density at radius 1 is 1.41 bits per heavy atom. The number of esters is 1. The molecule has 92 valence electrons. The van der Waals surface area contributed by atoms with Crippen molar-refractivity contribution in [3.05, 3.63) is 35.9 Å². The van der Waals surface area contributed by atoms with Gasteiger partial charge in [0.15, 0.2) is 0 Å². The van der Waals surface area contributed by atoms with Crippen LogP contribution in [-0.2, 0) is 16.1 Å². The molecule has 3 heteroatoms. The number of carbonyl (C=O) groups is 1. The molecule has 2 atom stereocenters. The summed E-state index contributed by atoms with van der Waals surface area (Å²) in [6.07, 6.45) is 2.02. The SMILES string of the molecule is CC1CCN[C@H](C(=O)OCc2ccccc2)C1. The van der Waals surface area contributed by atoms with Crippen LogP contribution in [0.3, 0.4) is 0 Å². The minimum Gasteiger partial charge on any atom is -0.460 e. The van der Waals surface area contributed by atoms with E-state index >= 15 is 0 Å². The Balaban J connectivity index is 1.81. The smallest absolute Gasteiger partial charge is 0.323 e. The van der Waals surface area contributed by atoms with Crippen LogP contribution >= 0.6 is 0 Å². The predicted octanol–water partition coefficient (Wildman–Crippen LogP) is 2.12. The Labute approximate surface area is 102 Å². The zero-order chi connectivity index (χ0) is 12.1. The van der Waals surface area contributed by atoms with Gasteiger partial charge in [0.05, 0.1) is 0 Å². The number of piperidine rings is 1. The lowest BCUT2D eigenvalue weighted by molar-refractivity contribution is -0.148. The summed E-state index contributed by atoms with van der Waals surface area (Å²) >= 11 is 0. The summed E-state index contributed by atoms with van der Waals surface area (Å²) in [7, 11) is 0. The van der Waals surface area contributed by atoms with Gasteiger partial charge in [0.25, 0.3) is 0 Å². The van der Waals surface area contributed by atoms with Crippen LogP contribution in [0.4, 0.5) is 0 Å². The number of ether oxygens (including phenoxy) is 1. The molecule has 1 aliphatic heterocycles. The molecule has 1 aromatic rings. The van der Waals surface area contributed by atoms with Crippen molar-refractivity contribution in [2.75, 3.05) is 6.54 Å². The fourth-order valence-electron chi connectivity index (χ4n) is 2.12. The minimum atomic E-state index is -0.125. The van der Waals surface area contributed by atoms with Gasteiger partial charge in [-0.3, -0.25) is 4.79 Å². The quantitative estimate of drug-likeness (QED) is 0.813. The van der Waals surface area contributed by atoms with Crippen molar-refractivity contribution in [1.82, 2.24) is 5.32 Å². The number of hydrogen-bond donors (Lipinski definition) is 1. The van der Waals surface area contributed by atoms with Gasteiger partial charge in [-0.2, -0.15) is 0 Å². The molecule has 1 aliphatic rings. The third-order valence-electron chi connectivity index (χ3n) is 3.17. The molecule has 0 aromatic heterocycles. The normalized spacial score (nSPS) is 24.3. The summed E-state index contributed by atoms with van der Waals surface area (Å²) in [6.45, 7) is 3.46. The summed E-state index contributed by atoms with van der Waals surface area (Å²) in [6, 6.07) is 9.65. The second-order valence-electron chi connectivity index (χ2n) is 4.73. The van der Waals surface area contributed by atoms with Crippen molar-refractivity contribution in [3.8, 4) is 0 Å². The van der Waals surface area contributed by atoms with Crippen molar-refractivity contribution in [1.29, 1.82) is 0 Å². The average Bonchev–Trinajstić information content (AvgIpc) is 2.37. The molecule has 0 saturated carbocycles. The molecule has 1 saturated heterocycles. The van der Waals surface area contributed by atoms with Crippen molar-refractivity contribution < 1.29 is 9.53 Å². The number of hydrogen-bond acceptors (Lipinski definition) is 3. The molecule has 0 aliphatic carbocycles. The van der Waals surface area contributed by atoms with Crippen LogP contribution in [0, 0.1) is 5.92 Å². The van der Waals surface area contributed by atoms with Gasteiger partial charge in [0, 0.05) is 0 Å². The Morgan fingerprint density at radius 2 is 2.18 bits per heavy atom. The van der Waals surface area contributed by atoms with Crippen molar-refractivity contribution in [2.24, 2.45) is 5.92 Å². The first-order chi connectivity index (χ1) is 8.25. The van der Waals surface area contributed by atoms with Crippen molar-refractivity contribution in [3.63, 3.8) is 0 Å². The van der Waals surface area contributed by atoms with E-state index in [0.717, 1.165) is 24.9 Å². The van der Waals surface area contributed by atoms with E-state index < -0.39 is 0 Å². The first-order valence-corrected chi connectivity index (χ1v) is 6.19. The zero-order valence-corrected chi connectivity index (χ0v) is 10.2. The van der Waals surface area contributed by atoms with E-state index in [9.17, 15) is 4.79 Å². The highest BCUT2D eigenvalue weighted by Crippen LogP contribution is 2.16. The lowest BCUT2D eigenvalue weighted by Gasteiger charge is -2.26. The Morgan fingerprint density at radius 3 is 2.88 bits per heavy atom. The van der Waals surface area contributed by atoms with Gasteiger partial charge < -0.3 is 10.1 Å². The predicted molar refractivity (Wildman–Crippen MR) is 66.4 cm³/mol. The molecule has 3 nitrogen and oxygen atoms in total. The van der Waals surface area contributed by atoms with Gasteiger partial charge in [-0.05, 0) is 30.9 Å². The monoisotopic (exact) mass is 233 g/mol. The highest BCUT2D eigenvalue weighted by atomic mass is 16.5. The number of rotatable bonds is 3. The Hall–Kier alpha value is -1.35. The van der Waals surface area contributed by atoms with E-state index in [1.165, 1.54) is 0 Å². The molecule has 0 bridgehead atoms. The molecule has 1 heterocycles. The fourth-order valence-corrected chi connectivity index (χ4v) is 2.12.